The number of hydrogen-bond donors (Lipinski definition) is 0. The molecule has 0 fully saturated rings. The summed E-state index contributed by atoms with van der Waals surface area (Å²) in [5.41, 5.74) is -0.547. The van der Waals surface area contributed by atoms with Crippen molar-refractivity contribution in [2.45, 2.75) is 33.3 Å². The third kappa shape index (κ3) is 6.23. The summed E-state index contributed by atoms with van der Waals surface area (Å²) in [6.45, 7) is 6.79. The van der Waals surface area contributed by atoms with Crippen molar-refractivity contribution >= 4 is 6.29 Å². The molecule has 1 unspecified atom stereocenters. The van der Waals surface area contributed by atoms with E-state index in [-0.39, 0.29) is 38.8 Å². The second kappa shape index (κ2) is 8.96. The van der Waals surface area contributed by atoms with Crippen LogP contribution in [0.15, 0.2) is 0 Å². The Morgan fingerprint density at radius 2 is 2.00 bits per heavy atom. The standard InChI is InChI=1S/C10H19O3.Y/c1-5-13-9(6-7-12-4)10(2,3)8-11;/h9H,5-7H2,1-4H3;/q-1;+3. The van der Waals surface area contributed by atoms with Crippen LogP contribution < -0.4 is 0 Å². The number of hydrogen-bond acceptors (Lipinski definition) is 3. The van der Waals surface area contributed by atoms with Crippen LogP contribution in [0.2, 0.25) is 0 Å². The molecule has 0 amide bonds. The van der Waals surface area contributed by atoms with E-state index in [1.54, 1.807) is 7.11 Å². The van der Waals surface area contributed by atoms with Crippen LogP contribution in [0, 0.1) is 5.41 Å². The minimum Gasteiger partial charge on any atom is -0.541 e. The zero-order chi connectivity index (χ0) is 10.3. The van der Waals surface area contributed by atoms with Crippen LogP contribution in [0.1, 0.15) is 27.2 Å². The van der Waals surface area contributed by atoms with Crippen molar-refractivity contribution in [1.29, 1.82) is 0 Å². The number of methoxy groups -OCH3 is 1. The number of carbonyl (C=O) groups excluding carboxylic acids is 1. The van der Waals surface area contributed by atoms with E-state index in [9.17, 15) is 4.79 Å². The second-order valence-electron chi connectivity index (χ2n) is 3.55. The fraction of sp³-hybridized carbons (Fsp3) is 0.900. The number of ether oxygens (including phenoxy) is 2. The molecule has 1 atom stereocenters. The first kappa shape index (κ1) is 17.1. The zero-order valence-electron chi connectivity index (χ0n) is 9.50. The molecule has 14 heavy (non-hydrogen) atoms. The van der Waals surface area contributed by atoms with Crippen LogP contribution in [0.25, 0.3) is 0 Å². The molecule has 0 saturated carbocycles. The molecule has 0 aromatic carbocycles. The predicted molar refractivity (Wildman–Crippen MR) is 51.4 cm³/mol. The first-order chi connectivity index (χ1) is 6.08. The fourth-order valence-electron chi connectivity index (χ4n) is 1.14. The van der Waals surface area contributed by atoms with E-state index in [4.69, 9.17) is 9.47 Å². The molecule has 0 aromatic rings. The zero-order valence-corrected chi connectivity index (χ0v) is 12.3. The van der Waals surface area contributed by atoms with E-state index in [2.05, 4.69) is 0 Å². The molecule has 0 bridgehead atoms. The Hall–Kier alpha value is 0.694. The Balaban J connectivity index is 0. The van der Waals surface area contributed by atoms with Crippen molar-refractivity contribution in [2.24, 2.45) is 5.41 Å². The molecule has 0 spiro atoms. The van der Waals surface area contributed by atoms with Gasteiger partial charge < -0.3 is 14.3 Å². The van der Waals surface area contributed by atoms with E-state index in [1.807, 2.05) is 27.1 Å². The van der Waals surface area contributed by atoms with Gasteiger partial charge in [0, 0.05) is 26.4 Å². The third-order valence-electron chi connectivity index (χ3n) is 2.02. The topological polar surface area (TPSA) is 35.5 Å². The van der Waals surface area contributed by atoms with Gasteiger partial charge in [-0.05, 0) is 13.3 Å². The van der Waals surface area contributed by atoms with Crippen molar-refractivity contribution in [1.82, 2.24) is 0 Å². The Bertz CT molecular complexity index is 148. The normalized spacial score (nSPS) is 13.1. The average molecular weight is 276 g/mol. The maximum Gasteiger partial charge on any atom is 3.00 e. The monoisotopic (exact) mass is 276 g/mol. The molecule has 0 N–H and O–H groups in total. The van der Waals surface area contributed by atoms with Crippen LogP contribution in [-0.2, 0) is 47.0 Å². The quantitative estimate of drug-likeness (QED) is 0.662. The Morgan fingerprint density at radius 3 is 2.36 bits per heavy atom. The van der Waals surface area contributed by atoms with E-state index < -0.39 is 5.41 Å². The van der Waals surface area contributed by atoms with Gasteiger partial charge in [0.1, 0.15) is 0 Å². The largest absolute Gasteiger partial charge is 3.00 e. The van der Waals surface area contributed by atoms with Crippen LogP contribution in [-0.4, -0.2) is 32.7 Å². The van der Waals surface area contributed by atoms with Crippen LogP contribution in [0.5, 0.6) is 0 Å². The van der Waals surface area contributed by atoms with Crippen molar-refractivity contribution in [3.8, 4) is 0 Å². The van der Waals surface area contributed by atoms with Gasteiger partial charge in [-0.1, -0.05) is 13.8 Å². The fourth-order valence-corrected chi connectivity index (χ4v) is 1.14. The molecule has 0 aliphatic carbocycles. The van der Waals surface area contributed by atoms with Gasteiger partial charge in [0.2, 0.25) is 0 Å². The summed E-state index contributed by atoms with van der Waals surface area (Å²) in [6, 6.07) is 0. The summed E-state index contributed by atoms with van der Waals surface area (Å²) in [7, 11) is 1.64. The van der Waals surface area contributed by atoms with Crippen molar-refractivity contribution in [2.75, 3.05) is 20.3 Å². The number of rotatable bonds is 7. The smallest absolute Gasteiger partial charge is 0.541 e. The minimum absolute atomic E-state index is 0. The maximum atomic E-state index is 10.7. The van der Waals surface area contributed by atoms with Gasteiger partial charge >= 0.3 is 32.7 Å². The van der Waals surface area contributed by atoms with Gasteiger partial charge in [0.25, 0.3) is 0 Å². The predicted octanol–water partition coefficient (Wildman–Crippen LogP) is 1.56. The first-order valence-corrected chi connectivity index (χ1v) is 4.58. The molecule has 0 aliphatic heterocycles. The summed E-state index contributed by atoms with van der Waals surface area (Å²) in [5, 5.41) is 0. The molecule has 0 aliphatic rings. The molecule has 4 heteroatoms. The SMILES string of the molecule is CCOC(CCOC)C(C)(C)[C-]=O.[Y+3]. The summed E-state index contributed by atoms with van der Waals surface area (Å²) in [4.78, 5) is 10.7. The van der Waals surface area contributed by atoms with Crippen LogP contribution >= 0.6 is 0 Å². The minimum atomic E-state index is -0.547. The third-order valence-corrected chi connectivity index (χ3v) is 2.02. The molecule has 0 heterocycles. The van der Waals surface area contributed by atoms with E-state index in [0.29, 0.717) is 13.2 Å². The van der Waals surface area contributed by atoms with Crippen molar-refractivity contribution < 1.29 is 47.0 Å². The molecular formula is C10H19O3Y+2. The van der Waals surface area contributed by atoms with Gasteiger partial charge in [0.05, 0.1) is 0 Å². The van der Waals surface area contributed by atoms with Gasteiger partial charge in [-0.3, -0.25) is 6.29 Å². The first-order valence-electron chi connectivity index (χ1n) is 4.58. The summed E-state index contributed by atoms with van der Waals surface area (Å²) in [6.07, 6.45) is 2.63. The maximum absolute atomic E-state index is 10.7. The van der Waals surface area contributed by atoms with Crippen molar-refractivity contribution in [3.05, 3.63) is 0 Å². The molecule has 0 radical (unpaired) electrons. The van der Waals surface area contributed by atoms with Crippen LogP contribution in [0.4, 0.5) is 0 Å². The molecule has 0 aromatic heterocycles. The second-order valence-corrected chi connectivity index (χ2v) is 3.55. The van der Waals surface area contributed by atoms with Gasteiger partial charge in [-0.25, -0.2) is 0 Å². The Morgan fingerprint density at radius 1 is 1.43 bits per heavy atom. The van der Waals surface area contributed by atoms with E-state index >= 15 is 0 Å². The average Bonchev–Trinajstić information content (AvgIpc) is 2.12. The van der Waals surface area contributed by atoms with Crippen molar-refractivity contribution in [3.63, 3.8) is 0 Å². The van der Waals surface area contributed by atoms with Gasteiger partial charge in [-0.2, -0.15) is 0 Å². The molecule has 78 valence electrons. The van der Waals surface area contributed by atoms with E-state index in [1.165, 1.54) is 0 Å². The summed E-state index contributed by atoms with van der Waals surface area (Å²) >= 11 is 0. The summed E-state index contributed by atoms with van der Waals surface area (Å²) < 4.78 is 10.4. The Kier molecular flexibility index (Phi) is 10.9. The van der Waals surface area contributed by atoms with Crippen LogP contribution in [0.3, 0.4) is 0 Å². The van der Waals surface area contributed by atoms with Gasteiger partial charge in [0.15, 0.2) is 0 Å². The molecule has 0 saturated heterocycles. The van der Waals surface area contributed by atoms with E-state index in [0.717, 1.165) is 6.42 Å². The molecule has 0 rings (SSSR count). The summed E-state index contributed by atoms with van der Waals surface area (Å²) in [5.74, 6) is 0. The Labute approximate surface area is 112 Å². The van der Waals surface area contributed by atoms with Gasteiger partial charge in [-0.15, -0.1) is 5.41 Å². The molecule has 3 nitrogen and oxygen atoms in total. The molecular weight excluding hydrogens is 257 g/mol.